The Morgan fingerprint density at radius 2 is 1.90 bits per heavy atom. The number of benzene rings is 2. The average Bonchev–Trinajstić information content (AvgIpc) is 2.46. The van der Waals surface area contributed by atoms with E-state index in [1.807, 2.05) is 42.5 Å². The van der Waals surface area contributed by atoms with Crippen LogP contribution in [0.3, 0.4) is 0 Å². The van der Waals surface area contributed by atoms with Gasteiger partial charge >= 0.3 is 0 Å². The van der Waals surface area contributed by atoms with E-state index >= 15 is 0 Å². The van der Waals surface area contributed by atoms with Crippen molar-refractivity contribution < 1.29 is 4.79 Å². The third-order valence-electron chi connectivity index (χ3n) is 2.89. The monoisotopic (exact) mass is 265 g/mol. The van der Waals surface area contributed by atoms with Crippen LogP contribution in [-0.2, 0) is 17.8 Å². The van der Waals surface area contributed by atoms with E-state index in [-0.39, 0.29) is 12.3 Å². The van der Waals surface area contributed by atoms with Crippen molar-refractivity contribution in [2.45, 2.75) is 13.0 Å². The van der Waals surface area contributed by atoms with Crippen LogP contribution >= 0.6 is 0 Å². The molecule has 0 aromatic heterocycles. The van der Waals surface area contributed by atoms with Gasteiger partial charge in [-0.05, 0) is 35.4 Å². The highest BCUT2D eigenvalue weighted by Crippen LogP contribution is 2.12. The van der Waals surface area contributed by atoms with E-state index in [0.717, 1.165) is 16.8 Å². The molecule has 2 aromatic rings. The summed E-state index contributed by atoms with van der Waals surface area (Å²) in [5.41, 5.74) is 8.70. The zero-order chi connectivity index (χ0) is 14.4. The van der Waals surface area contributed by atoms with Crippen LogP contribution in [0, 0.1) is 11.3 Å². The normalized spacial score (nSPS) is 9.75. The molecule has 0 fully saturated rings. The van der Waals surface area contributed by atoms with Gasteiger partial charge in [0.05, 0.1) is 18.1 Å². The molecule has 3 N–H and O–H groups in total. The van der Waals surface area contributed by atoms with Gasteiger partial charge in [0, 0.05) is 12.2 Å². The third kappa shape index (κ3) is 3.85. The Bertz CT molecular complexity index is 642. The molecular weight excluding hydrogens is 250 g/mol. The molecule has 2 rings (SSSR count). The predicted molar refractivity (Wildman–Crippen MR) is 77.8 cm³/mol. The topological polar surface area (TPSA) is 78.9 Å². The van der Waals surface area contributed by atoms with Crippen LogP contribution in [0.1, 0.15) is 16.7 Å². The molecule has 0 saturated carbocycles. The molecule has 0 spiro atoms. The van der Waals surface area contributed by atoms with Gasteiger partial charge in [0.25, 0.3) is 0 Å². The average molecular weight is 265 g/mol. The highest BCUT2D eigenvalue weighted by molar-refractivity contribution is 5.76. The van der Waals surface area contributed by atoms with Crippen LogP contribution < -0.4 is 11.1 Å². The lowest BCUT2D eigenvalue weighted by molar-refractivity contribution is -0.117. The van der Waals surface area contributed by atoms with E-state index < -0.39 is 0 Å². The Morgan fingerprint density at radius 3 is 2.55 bits per heavy atom. The van der Waals surface area contributed by atoms with Crippen LogP contribution in [0.2, 0.25) is 0 Å². The summed E-state index contributed by atoms with van der Waals surface area (Å²) in [6, 6.07) is 17.2. The van der Waals surface area contributed by atoms with Crippen LogP contribution in [-0.4, -0.2) is 5.91 Å². The predicted octanol–water partition coefficient (Wildman–Crippen LogP) is 2.20. The van der Waals surface area contributed by atoms with Gasteiger partial charge in [-0.25, -0.2) is 0 Å². The Labute approximate surface area is 117 Å². The number of nitrogens with zero attached hydrogens (tertiary/aromatic N) is 1. The second-order valence-electron chi connectivity index (χ2n) is 4.51. The van der Waals surface area contributed by atoms with Crippen molar-refractivity contribution >= 4 is 11.6 Å². The number of anilines is 1. The van der Waals surface area contributed by atoms with Gasteiger partial charge in [-0.3, -0.25) is 4.79 Å². The molecule has 2 aromatic carbocycles. The summed E-state index contributed by atoms with van der Waals surface area (Å²) in [5.74, 6) is -0.334. The number of nitrogens with one attached hydrogen (secondary N) is 1. The molecule has 0 atom stereocenters. The molecule has 0 bridgehead atoms. The fourth-order valence-electron chi connectivity index (χ4n) is 1.90. The van der Waals surface area contributed by atoms with Crippen LogP contribution in [0.5, 0.6) is 0 Å². The van der Waals surface area contributed by atoms with E-state index in [2.05, 4.69) is 11.4 Å². The van der Waals surface area contributed by atoms with Gasteiger partial charge in [0.1, 0.15) is 0 Å². The van der Waals surface area contributed by atoms with E-state index in [4.69, 9.17) is 11.0 Å². The number of carbonyl (C=O) groups is 1. The fraction of sp³-hybridized carbons (Fsp3) is 0.125. The minimum absolute atomic E-state index is 0.254. The molecule has 1 amide bonds. The molecule has 0 radical (unpaired) electrons. The highest BCUT2D eigenvalue weighted by Gasteiger charge is 1.99. The number of hydrogen-bond acceptors (Lipinski definition) is 3. The summed E-state index contributed by atoms with van der Waals surface area (Å²) in [4.78, 5) is 10.8. The maximum atomic E-state index is 10.8. The Morgan fingerprint density at radius 1 is 1.15 bits per heavy atom. The number of carbonyl (C=O) groups excluding carboxylic acids is 1. The number of rotatable bonds is 5. The smallest absolute Gasteiger partial charge is 0.221 e. The van der Waals surface area contributed by atoms with Crippen molar-refractivity contribution in [3.8, 4) is 6.07 Å². The number of amides is 1. The summed E-state index contributed by atoms with van der Waals surface area (Å²) in [7, 11) is 0. The molecule has 0 unspecified atom stereocenters. The standard InChI is InChI=1S/C16H15N3O/c17-10-13-2-1-3-14(8-13)11-19-15-6-4-12(5-7-15)9-16(18)20/h1-8,19H,9,11H2,(H2,18,20). The first-order valence-electron chi connectivity index (χ1n) is 6.27. The number of nitrogens with two attached hydrogens (primary N) is 1. The fourth-order valence-corrected chi connectivity index (χ4v) is 1.90. The van der Waals surface area contributed by atoms with Crippen molar-refractivity contribution in [2.24, 2.45) is 5.73 Å². The molecule has 4 nitrogen and oxygen atoms in total. The summed E-state index contributed by atoms with van der Waals surface area (Å²) in [6.45, 7) is 0.644. The van der Waals surface area contributed by atoms with E-state index in [9.17, 15) is 4.79 Å². The molecule has 0 aliphatic heterocycles. The zero-order valence-electron chi connectivity index (χ0n) is 11.0. The molecule has 20 heavy (non-hydrogen) atoms. The van der Waals surface area contributed by atoms with Crippen LogP contribution in [0.4, 0.5) is 5.69 Å². The molecule has 4 heteroatoms. The minimum Gasteiger partial charge on any atom is -0.381 e. The van der Waals surface area contributed by atoms with Gasteiger partial charge in [-0.15, -0.1) is 0 Å². The van der Waals surface area contributed by atoms with E-state index in [1.54, 1.807) is 6.07 Å². The van der Waals surface area contributed by atoms with E-state index in [0.29, 0.717) is 12.1 Å². The first-order valence-corrected chi connectivity index (χ1v) is 6.27. The lowest BCUT2D eigenvalue weighted by Gasteiger charge is -2.07. The van der Waals surface area contributed by atoms with Gasteiger partial charge in [0.15, 0.2) is 0 Å². The van der Waals surface area contributed by atoms with Crippen molar-refractivity contribution in [1.29, 1.82) is 5.26 Å². The highest BCUT2D eigenvalue weighted by atomic mass is 16.1. The van der Waals surface area contributed by atoms with Gasteiger partial charge < -0.3 is 11.1 Å². The van der Waals surface area contributed by atoms with Crippen LogP contribution in [0.15, 0.2) is 48.5 Å². The maximum Gasteiger partial charge on any atom is 0.221 e. The quantitative estimate of drug-likeness (QED) is 0.869. The SMILES string of the molecule is N#Cc1cccc(CNc2ccc(CC(N)=O)cc2)c1. The molecule has 0 aliphatic rings. The van der Waals surface area contributed by atoms with Crippen molar-refractivity contribution in [1.82, 2.24) is 0 Å². The zero-order valence-corrected chi connectivity index (χ0v) is 11.0. The molecule has 0 saturated heterocycles. The van der Waals surface area contributed by atoms with Gasteiger partial charge in [-0.2, -0.15) is 5.26 Å². The molecule has 0 aliphatic carbocycles. The lowest BCUT2D eigenvalue weighted by Crippen LogP contribution is -2.13. The molecule has 0 heterocycles. The van der Waals surface area contributed by atoms with Crippen molar-refractivity contribution in [3.63, 3.8) is 0 Å². The second-order valence-corrected chi connectivity index (χ2v) is 4.51. The number of hydrogen-bond donors (Lipinski definition) is 2. The Balaban J connectivity index is 1.97. The Kier molecular flexibility index (Phi) is 4.35. The summed E-state index contributed by atoms with van der Waals surface area (Å²) < 4.78 is 0. The van der Waals surface area contributed by atoms with E-state index in [1.165, 1.54) is 0 Å². The summed E-state index contributed by atoms with van der Waals surface area (Å²) in [6.07, 6.45) is 0.254. The lowest BCUT2D eigenvalue weighted by atomic mass is 10.1. The van der Waals surface area contributed by atoms with Crippen molar-refractivity contribution in [3.05, 3.63) is 65.2 Å². The largest absolute Gasteiger partial charge is 0.381 e. The summed E-state index contributed by atoms with van der Waals surface area (Å²) >= 11 is 0. The van der Waals surface area contributed by atoms with Crippen molar-refractivity contribution in [2.75, 3.05) is 5.32 Å². The first-order chi connectivity index (χ1) is 9.67. The molecule has 100 valence electrons. The van der Waals surface area contributed by atoms with Gasteiger partial charge in [-0.1, -0.05) is 24.3 Å². The van der Waals surface area contributed by atoms with Crippen LogP contribution in [0.25, 0.3) is 0 Å². The Hall–Kier alpha value is -2.80. The first kappa shape index (κ1) is 13.6. The molecular formula is C16H15N3O. The van der Waals surface area contributed by atoms with Gasteiger partial charge in [0.2, 0.25) is 5.91 Å². The maximum absolute atomic E-state index is 10.8. The second kappa shape index (κ2) is 6.39. The number of primary amides is 1. The minimum atomic E-state index is -0.334. The summed E-state index contributed by atoms with van der Waals surface area (Å²) in [5, 5.41) is 12.1. The number of nitriles is 1. The third-order valence-corrected chi connectivity index (χ3v) is 2.89.